The van der Waals surface area contributed by atoms with Gasteiger partial charge in [-0.15, -0.1) is 0 Å². The van der Waals surface area contributed by atoms with E-state index >= 15 is 0 Å². The molecule has 1 aromatic heterocycles. The summed E-state index contributed by atoms with van der Waals surface area (Å²) in [5.41, 5.74) is 2.29. The molecule has 1 atom stereocenters. The maximum absolute atomic E-state index is 13.2. The van der Waals surface area contributed by atoms with Gasteiger partial charge in [-0.25, -0.2) is 0 Å². The van der Waals surface area contributed by atoms with Gasteiger partial charge in [0.15, 0.2) is 0 Å². The first-order chi connectivity index (χ1) is 15.0. The highest BCUT2D eigenvalue weighted by atomic mass is 16.5. The number of carbonyl (C=O) groups excluding carboxylic acids is 2. The number of aryl methyl sites for hydroxylation is 1. The quantitative estimate of drug-likeness (QED) is 0.758. The molecule has 0 spiro atoms. The smallest absolute Gasteiger partial charge is 0.228 e. The molecule has 2 amide bonds. The molecule has 31 heavy (non-hydrogen) atoms. The number of nitrogens with one attached hydrogen (secondary N) is 1. The number of amides is 2. The Morgan fingerprint density at radius 1 is 1.19 bits per heavy atom. The fourth-order valence-corrected chi connectivity index (χ4v) is 5.10. The molecule has 6 heteroatoms. The van der Waals surface area contributed by atoms with Crippen molar-refractivity contribution in [3.63, 3.8) is 0 Å². The number of hydrogen-bond donors (Lipinski definition) is 1. The summed E-state index contributed by atoms with van der Waals surface area (Å²) in [6.45, 7) is 5.74. The number of hydrogen-bond acceptors (Lipinski definition) is 4. The summed E-state index contributed by atoms with van der Waals surface area (Å²) in [4.78, 5) is 28.2. The summed E-state index contributed by atoms with van der Waals surface area (Å²) in [6.07, 6.45) is 6.24. The van der Waals surface area contributed by atoms with Gasteiger partial charge in [-0.1, -0.05) is 47.8 Å². The van der Waals surface area contributed by atoms with Gasteiger partial charge in [0.2, 0.25) is 11.8 Å². The van der Waals surface area contributed by atoms with Gasteiger partial charge in [0.05, 0.1) is 5.41 Å². The average Bonchev–Trinajstić information content (AvgIpc) is 3.47. The van der Waals surface area contributed by atoms with E-state index in [-0.39, 0.29) is 17.7 Å². The Hall–Kier alpha value is -2.63. The molecule has 2 fully saturated rings. The van der Waals surface area contributed by atoms with E-state index in [9.17, 15) is 9.59 Å². The Kier molecular flexibility index (Phi) is 6.44. The van der Waals surface area contributed by atoms with Gasteiger partial charge < -0.3 is 14.7 Å². The Balaban J connectivity index is 1.55. The minimum Gasteiger partial charge on any atom is -0.361 e. The van der Waals surface area contributed by atoms with Gasteiger partial charge >= 0.3 is 0 Å². The van der Waals surface area contributed by atoms with Gasteiger partial charge in [-0.2, -0.15) is 0 Å². The van der Waals surface area contributed by atoms with Crippen LogP contribution in [0.1, 0.15) is 56.8 Å². The maximum Gasteiger partial charge on any atom is 0.228 e. The number of piperidine rings is 1. The molecule has 1 aromatic carbocycles. The van der Waals surface area contributed by atoms with E-state index in [2.05, 4.69) is 17.4 Å². The minimum absolute atomic E-state index is 0.00667. The summed E-state index contributed by atoms with van der Waals surface area (Å²) < 4.78 is 5.67. The second-order valence-electron chi connectivity index (χ2n) is 9.21. The van der Waals surface area contributed by atoms with Crippen molar-refractivity contribution >= 4 is 11.8 Å². The number of aromatic nitrogens is 1. The molecule has 2 aliphatic rings. The molecule has 1 aliphatic carbocycles. The summed E-state index contributed by atoms with van der Waals surface area (Å²) in [6, 6.07) is 10.1. The zero-order chi connectivity index (χ0) is 21.8. The standard InChI is InChI=1S/C25H33N3O3/c1-3-26-24(30)25(13-6-14-28(17-25)23(29)20-7-4-5-8-20)16-21-15-22(27-31-21)19-11-9-18(2)10-12-19/h9-12,15,20H,3-8,13-14,16-17H2,1-2H3,(H,26,30)/t25-/m0/s1. The Morgan fingerprint density at radius 2 is 1.94 bits per heavy atom. The Labute approximate surface area is 184 Å². The largest absolute Gasteiger partial charge is 0.361 e. The van der Waals surface area contributed by atoms with E-state index in [0.29, 0.717) is 25.3 Å². The van der Waals surface area contributed by atoms with Crippen LogP contribution < -0.4 is 5.32 Å². The lowest BCUT2D eigenvalue weighted by molar-refractivity contribution is -0.144. The summed E-state index contributed by atoms with van der Waals surface area (Å²) in [7, 11) is 0. The number of likely N-dealkylation sites (tertiary alicyclic amines) is 1. The van der Waals surface area contributed by atoms with E-state index < -0.39 is 5.41 Å². The third-order valence-corrected chi connectivity index (χ3v) is 6.83. The lowest BCUT2D eigenvalue weighted by Gasteiger charge is -2.42. The molecule has 0 radical (unpaired) electrons. The predicted molar refractivity (Wildman–Crippen MR) is 119 cm³/mol. The Bertz CT molecular complexity index is 914. The first-order valence-corrected chi connectivity index (χ1v) is 11.6. The fourth-order valence-electron chi connectivity index (χ4n) is 5.10. The molecule has 1 N–H and O–H groups in total. The average molecular weight is 424 g/mol. The molecule has 4 rings (SSSR count). The minimum atomic E-state index is -0.674. The number of nitrogens with zero attached hydrogens (tertiary/aromatic N) is 2. The molecule has 1 saturated carbocycles. The van der Waals surface area contributed by atoms with Crippen molar-refractivity contribution in [1.82, 2.24) is 15.4 Å². The lowest BCUT2D eigenvalue weighted by atomic mass is 9.75. The molecule has 166 valence electrons. The van der Waals surface area contributed by atoms with Crippen LogP contribution in [0.2, 0.25) is 0 Å². The van der Waals surface area contributed by atoms with Crippen LogP contribution in [-0.4, -0.2) is 41.5 Å². The molecule has 1 aliphatic heterocycles. The zero-order valence-corrected chi connectivity index (χ0v) is 18.7. The van der Waals surface area contributed by atoms with E-state index in [1.807, 2.05) is 42.2 Å². The van der Waals surface area contributed by atoms with Crippen molar-refractivity contribution in [2.24, 2.45) is 11.3 Å². The molecule has 0 bridgehead atoms. The molecular weight excluding hydrogens is 390 g/mol. The molecule has 1 saturated heterocycles. The molecule has 2 aromatic rings. The molecular formula is C25H33N3O3. The van der Waals surface area contributed by atoms with E-state index in [1.54, 1.807) is 0 Å². The van der Waals surface area contributed by atoms with Gasteiger partial charge in [0.25, 0.3) is 0 Å². The van der Waals surface area contributed by atoms with Crippen molar-refractivity contribution < 1.29 is 14.1 Å². The highest BCUT2D eigenvalue weighted by Gasteiger charge is 2.45. The van der Waals surface area contributed by atoms with Gasteiger partial charge in [-0.05, 0) is 39.5 Å². The highest BCUT2D eigenvalue weighted by molar-refractivity contribution is 5.85. The normalized spacial score (nSPS) is 21.9. The van der Waals surface area contributed by atoms with Gasteiger partial charge in [0, 0.05) is 43.6 Å². The highest BCUT2D eigenvalue weighted by Crippen LogP contribution is 2.37. The zero-order valence-electron chi connectivity index (χ0n) is 18.7. The van der Waals surface area contributed by atoms with Crippen LogP contribution in [0, 0.1) is 18.3 Å². The maximum atomic E-state index is 13.2. The summed E-state index contributed by atoms with van der Waals surface area (Å²) in [5, 5.41) is 7.26. The van der Waals surface area contributed by atoms with Gasteiger partial charge in [0.1, 0.15) is 11.5 Å². The van der Waals surface area contributed by atoms with Crippen LogP contribution in [0.5, 0.6) is 0 Å². The monoisotopic (exact) mass is 423 g/mol. The predicted octanol–water partition coefficient (Wildman–Crippen LogP) is 4.13. The summed E-state index contributed by atoms with van der Waals surface area (Å²) >= 11 is 0. The first kappa shape index (κ1) is 21.6. The number of rotatable bonds is 6. The van der Waals surface area contributed by atoms with Crippen LogP contribution >= 0.6 is 0 Å². The van der Waals surface area contributed by atoms with Gasteiger partial charge in [-0.3, -0.25) is 9.59 Å². The topological polar surface area (TPSA) is 75.4 Å². The lowest BCUT2D eigenvalue weighted by Crippen LogP contribution is -2.55. The van der Waals surface area contributed by atoms with Crippen LogP contribution in [0.15, 0.2) is 34.9 Å². The number of benzene rings is 1. The van der Waals surface area contributed by atoms with Crippen LogP contribution in [-0.2, 0) is 16.0 Å². The van der Waals surface area contributed by atoms with Crippen LogP contribution in [0.4, 0.5) is 0 Å². The van der Waals surface area contributed by atoms with Crippen LogP contribution in [0.25, 0.3) is 11.3 Å². The molecule has 6 nitrogen and oxygen atoms in total. The van der Waals surface area contributed by atoms with Crippen molar-refractivity contribution in [3.8, 4) is 11.3 Å². The second kappa shape index (κ2) is 9.25. The van der Waals surface area contributed by atoms with Crippen molar-refractivity contribution in [2.45, 2.75) is 58.8 Å². The Morgan fingerprint density at radius 3 is 2.65 bits per heavy atom. The second-order valence-corrected chi connectivity index (χ2v) is 9.21. The molecule has 0 unspecified atom stereocenters. The van der Waals surface area contributed by atoms with Crippen molar-refractivity contribution in [1.29, 1.82) is 0 Å². The third-order valence-electron chi connectivity index (χ3n) is 6.83. The van der Waals surface area contributed by atoms with E-state index in [0.717, 1.165) is 56.3 Å². The fraction of sp³-hybridized carbons (Fsp3) is 0.560. The molecule has 2 heterocycles. The first-order valence-electron chi connectivity index (χ1n) is 11.6. The summed E-state index contributed by atoms with van der Waals surface area (Å²) in [5.74, 6) is 1.05. The van der Waals surface area contributed by atoms with Crippen molar-refractivity contribution in [3.05, 3.63) is 41.7 Å². The van der Waals surface area contributed by atoms with Crippen LogP contribution in [0.3, 0.4) is 0 Å². The van der Waals surface area contributed by atoms with E-state index in [1.165, 1.54) is 5.56 Å². The van der Waals surface area contributed by atoms with Crippen molar-refractivity contribution in [2.75, 3.05) is 19.6 Å². The SMILES string of the molecule is CCNC(=O)[C@]1(Cc2cc(-c3ccc(C)cc3)no2)CCCN(C(=O)C2CCCC2)C1. The number of carbonyl (C=O) groups is 2. The van der Waals surface area contributed by atoms with E-state index in [4.69, 9.17) is 4.52 Å². The third kappa shape index (κ3) is 4.68.